The summed E-state index contributed by atoms with van der Waals surface area (Å²) in [5.41, 5.74) is 6.08. The van der Waals surface area contributed by atoms with Crippen molar-refractivity contribution in [2.75, 3.05) is 13.4 Å². The van der Waals surface area contributed by atoms with E-state index in [1.165, 1.54) is 16.7 Å². The van der Waals surface area contributed by atoms with Gasteiger partial charge in [-0.25, -0.2) is 0 Å². The Bertz CT molecular complexity index is 800. The lowest BCUT2D eigenvalue weighted by Crippen LogP contribution is -1.95. The molecule has 0 saturated heterocycles. The maximum Gasteiger partial charge on any atom is 0.129 e. The molecule has 3 heteroatoms. The van der Waals surface area contributed by atoms with E-state index in [-0.39, 0.29) is 0 Å². The van der Waals surface area contributed by atoms with Crippen LogP contribution in [0, 0.1) is 6.92 Å². The Labute approximate surface area is 155 Å². The first-order valence-electron chi connectivity index (χ1n) is 8.30. The number of allylic oxidation sites excluding steroid dienone is 2. The monoisotopic (exact) mass is 354 g/mol. The molecule has 0 unspecified atom stereocenters. The van der Waals surface area contributed by atoms with Crippen LogP contribution < -0.4 is 4.74 Å². The Morgan fingerprint density at radius 1 is 1.16 bits per heavy atom. The Hall–Kier alpha value is -2.13. The summed E-state index contributed by atoms with van der Waals surface area (Å²) in [5.74, 6) is 1.19. The number of benzene rings is 2. The molecule has 0 spiro atoms. The predicted molar refractivity (Wildman–Crippen MR) is 110 cm³/mol. The number of methoxy groups -OCH3 is 1. The normalized spacial score (nSPS) is 10.9. The number of aromatic hydroxyl groups is 1. The van der Waals surface area contributed by atoms with Crippen LogP contribution in [0.2, 0.25) is 0 Å². The van der Waals surface area contributed by atoms with E-state index in [4.69, 9.17) is 4.74 Å². The van der Waals surface area contributed by atoms with Crippen molar-refractivity contribution >= 4 is 23.9 Å². The molecule has 2 aromatic rings. The zero-order valence-electron chi connectivity index (χ0n) is 15.6. The number of thioether (sulfide) groups is 1. The van der Waals surface area contributed by atoms with Crippen molar-refractivity contribution in [3.63, 3.8) is 0 Å². The molecular weight excluding hydrogens is 328 g/mol. The molecule has 0 atom stereocenters. The molecule has 0 aliphatic heterocycles. The first kappa shape index (κ1) is 19.2. The van der Waals surface area contributed by atoms with Gasteiger partial charge in [0.25, 0.3) is 0 Å². The third-order valence-corrected chi connectivity index (χ3v) is 4.86. The van der Waals surface area contributed by atoms with E-state index in [1.54, 1.807) is 24.9 Å². The molecule has 0 fully saturated rings. The maximum absolute atomic E-state index is 9.82. The van der Waals surface area contributed by atoms with Crippen LogP contribution in [0.15, 0.2) is 46.9 Å². The predicted octanol–water partition coefficient (Wildman–Crippen LogP) is 6.11. The van der Waals surface area contributed by atoms with Gasteiger partial charge < -0.3 is 9.84 Å². The fourth-order valence-electron chi connectivity index (χ4n) is 2.65. The van der Waals surface area contributed by atoms with E-state index in [0.717, 1.165) is 28.2 Å². The lowest BCUT2D eigenvalue weighted by Gasteiger charge is -2.12. The van der Waals surface area contributed by atoms with Crippen LogP contribution in [0.25, 0.3) is 12.2 Å². The molecule has 0 aliphatic rings. The van der Waals surface area contributed by atoms with Gasteiger partial charge in [-0.15, -0.1) is 11.8 Å². The van der Waals surface area contributed by atoms with Crippen LogP contribution in [-0.4, -0.2) is 18.5 Å². The first-order valence-corrected chi connectivity index (χ1v) is 9.53. The van der Waals surface area contributed by atoms with Crippen LogP contribution in [0.3, 0.4) is 0 Å². The molecule has 0 aromatic heterocycles. The van der Waals surface area contributed by atoms with Crippen molar-refractivity contribution in [1.29, 1.82) is 0 Å². The highest BCUT2D eigenvalue weighted by Crippen LogP contribution is 2.29. The first-order chi connectivity index (χ1) is 11.9. The van der Waals surface area contributed by atoms with Crippen molar-refractivity contribution < 1.29 is 9.84 Å². The SMILES string of the molecule is COc1cc(C)c(CC=C(C)C)c(/C=C/c2ccc(O)c(SC)c2)c1. The number of hydrogen-bond donors (Lipinski definition) is 1. The summed E-state index contributed by atoms with van der Waals surface area (Å²) in [5, 5.41) is 9.82. The number of rotatable bonds is 6. The summed E-state index contributed by atoms with van der Waals surface area (Å²) in [4.78, 5) is 0.883. The van der Waals surface area contributed by atoms with Crippen LogP contribution in [-0.2, 0) is 6.42 Å². The van der Waals surface area contributed by atoms with Crippen LogP contribution >= 0.6 is 11.8 Å². The molecular formula is C22H26O2S. The largest absolute Gasteiger partial charge is 0.507 e. The van der Waals surface area contributed by atoms with Crippen LogP contribution in [0.4, 0.5) is 0 Å². The van der Waals surface area contributed by atoms with Crippen molar-refractivity contribution in [3.05, 3.63) is 64.2 Å². The molecule has 0 bridgehead atoms. The van der Waals surface area contributed by atoms with E-state index in [0.29, 0.717) is 5.75 Å². The topological polar surface area (TPSA) is 29.5 Å². The molecule has 2 aromatic carbocycles. The number of hydrogen-bond acceptors (Lipinski definition) is 3. The van der Waals surface area contributed by atoms with Crippen molar-refractivity contribution in [2.24, 2.45) is 0 Å². The standard InChI is InChI=1S/C22H26O2S/c1-15(2)6-10-20-16(3)12-19(24-4)14-18(20)9-7-17-8-11-21(23)22(13-17)25-5/h6-9,11-14,23H,10H2,1-5H3/b9-7+. The fourth-order valence-corrected chi connectivity index (χ4v) is 3.18. The molecule has 2 nitrogen and oxygen atoms in total. The minimum atomic E-state index is 0.325. The van der Waals surface area contributed by atoms with Gasteiger partial charge in [0, 0.05) is 4.90 Å². The van der Waals surface area contributed by atoms with E-state index in [9.17, 15) is 5.11 Å². The number of phenolic OH excluding ortho intramolecular Hbond substituents is 1. The van der Waals surface area contributed by atoms with Gasteiger partial charge in [-0.1, -0.05) is 29.9 Å². The second-order valence-electron chi connectivity index (χ2n) is 6.26. The average Bonchev–Trinajstić information content (AvgIpc) is 2.59. The molecule has 25 heavy (non-hydrogen) atoms. The van der Waals surface area contributed by atoms with Gasteiger partial charge in [-0.3, -0.25) is 0 Å². The number of ether oxygens (including phenoxy) is 1. The Morgan fingerprint density at radius 3 is 2.56 bits per heavy atom. The smallest absolute Gasteiger partial charge is 0.129 e. The number of aryl methyl sites for hydroxylation is 1. The molecule has 1 N–H and O–H groups in total. The molecule has 132 valence electrons. The van der Waals surface area contributed by atoms with E-state index in [2.05, 4.69) is 51.1 Å². The fraction of sp³-hybridized carbons (Fsp3) is 0.273. The minimum absolute atomic E-state index is 0.325. The zero-order chi connectivity index (χ0) is 18.4. The van der Waals surface area contributed by atoms with Gasteiger partial charge in [-0.05, 0) is 80.0 Å². The van der Waals surface area contributed by atoms with Crippen molar-refractivity contribution in [3.8, 4) is 11.5 Å². The summed E-state index contributed by atoms with van der Waals surface area (Å²) >= 11 is 1.54. The molecule has 2 rings (SSSR count). The lowest BCUT2D eigenvalue weighted by atomic mass is 9.96. The van der Waals surface area contributed by atoms with Crippen molar-refractivity contribution in [1.82, 2.24) is 0 Å². The second kappa shape index (κ2) is 8.82. The second-order valence-corrected chi connectivity index (χ2v) is 7.11. The van der Waals surface area contributed by atoms with E-state index in [1.807, 2.05) is 18.4 Å². The molecule has 0 saturated carbocycles. The summed E-state index contributed by atoms with van der Waals surface area (Å²) < 4.78 is 5.43. The van der Waals surface area contributed by atoms with E-state index >= 15 is 0 Å². The van der Waals surface area contributed by atoms with Gasteiger partial charge in [0.2, 0.25) is 0 Å². The van der Waals surface area contributed by atoms with Crippen LogP contribution in [0.1, 0.15) is 36.1 Å². The lowest BCUT2D eigenvalue weighted by molar-refractivity contribution is 0.414. The van der Waals surface area contributed by atoms with E-state index < -0.39 is 0 Å². The average molecular weight is 355 g/mol. The third-order valence-electron chi connectivity index (χ3n) is 4.09. The molecule has 0 aliphatic carbocycles. The molecule has 0 amide bonds. The van der Waals surface area contributed by atoms with Gasteiger partial charge in [0.05, 0.1) is 7.11 Å². The molecule has 0 heterocycles. The number of phenols is 1. The Morgan fingerprint density at radius 2 is 1.92 bits per heavy atom. The van der Waals surface area contributed by atoms with Gasteiger partial charge in [0.15, 0.2) is 0 Å². The summed E-state index contributed by atoms with van der Waals surface area (Å²) in [6.45, 7) is 6.37. The Kier molecular flexibility index (Phi) is 6.77. The highest BCUT2D eigenvalue weighted by Gasteiger charge is 2.06. The minimum Gasteiger partial charge on any atom is -0.507 e. The zero-order valence-corrected chi connectivity index (χ0v) is 16.4. The van der Waals surface area contributed by atoms with Gasteiger partial charge >= 0.3 is 0 Å². The van der Waals surface area contributed by atoms with Crippen molar-refractivity contribution in [2.45, 2.75) is 32.1 Å². The molecule has 0 radical (unpaired) electrons. The summed E-state index contributed by atoms with van der Waals surface area (Å²) in [7, 11) is 1.70. The third kappa shape index (κ3) is 5.17. The quantitative estimate of drug-likeness (QED) is 0.385. The van der Waals surface area contributed by atoms with Gasteiger partial charge in [0.1, 0.15) is 11.5 Å². The summed E-state index contributed by atoms with van der Waals surface area (Å²) in [6, 6.07) is 9.82. The highest BCUT2D eigenvalue weighted by molar-refractivity contribution is 7.98. The Balaban J connectivity index is 2.42. The highest BCUT2D eigenvalue weighted by atomic mass is 32.2. The van der Waals surface area contributed by atoms with Gasteiger partial charge in [-0.2, -0.15) is 0 Å². The summed E-state index contributed by atoms with van der Waals surface area (Å²) in [6.07, 6.45) is 9.33. The maximum atomic E-state index is 9.82. The van der Waals surface area contributed by atoms with Crippen LogP contribution in [0.5, 0.6) is 11.5 Å².